The zero-order valence-corrected chi connectivity index (χ0v) is 11.2. The smallest absolute Gasteiger partial charge is 0.271 e. The number of fused-ring (bicyclic) bond motifs is 1. The predicted molar refractivity (Wildman–Crippen MR) is 76.9 cm³/mol. The van der Waals surface area contributed by atoms with E-state index in [0.29, 0.717) is 17.9 Å². The molecule has 0 amide bonds. The van der Waals surface area contributed by atoms with Crippen LogP contribution in [-0.4, -0.2) is 16.5 Å². The Balaban J connectivity index is 2.08. The third-order valence-corrected chi connectivity index (χ3v) is 3.56. The van der Waals surface area contributed by atoms with Crippen LogP contribution in [-0.2, 0) is 6.42 Å². The van der Waals surface area contributed by atoms with E-state index in [1.54, 1.807) is 6.07 Å². The summed E-state index contributed by atoms with van der Waals surface area (Å²) < 4.78 is 13.3. The lowest BCUT2D eigenvalue weighted by Gasteiger charge is -2.06. The zero-order valence-electron chi connectivity index (χ0n) is 11.2. The van der Waals surface area contributed by atoms with Crippen molar-refractivity contribution in [1.29, 1.82) is 0 Å². The van der Waals surface area contributed by atoms with Gasteiger partial charge in [-0.15, -0.1) is 0 Å². The fourth-order valence-corrected chi connectivity index (χ4v) is 2.52. The van der Waals surface area contributed by atoms with Crippen molar-refractivity contribution in [2.45, 2.75) is 19.3 Å². The minimum Gasteiger partial charge on any atom is -0.298 e. The summed E-state index contributed by atoms with van der Waals surface area (Å²) in [7, 11) is 0. The van der Waals surface area contributed by atoms with Crippen molar-refractivity contribution in [3.8, 4) is 0 Å². The second-order valence-electron chi connectivity index (χ2n) is 4.96. The predicted octanol–water partition coefficient (Wildman–Crippen LogP) is 0.667. The first-order valence-electron chi connectivity index (χ1n) is 6.70. The number of H-pyrrole nitrogens is 1. The fourth-order valence-electron chi connectivity index (χ4n) is 2.52. The molecule has 1 heterocycles. The Morgan fingerprint density at radius 2 is 2.00 bits per heavy atom. The Morgan fingerprint density at radius 3 is 2.76 bits per heavy atom. The molecule has 106 valence electrons. The van der Waals surface area contributed by atoms with Gasteiger partial charge in [-0.3, -0.25) is 9.59 Å². The molecule has 3 rings (SSSR count). The van der Waals surface area contributed by atoms with Crippen LogP contribution < -0.4 is 16.0 Å². The summed E-state index contributed by atoms with van der Waals surface area (Å²) in [5.41, 5.74) is 1.34. The third-order valence-electron chi connectivity index (χ3n) is 3.56. The van der Waals surface area contributed by atoms with Gasteiger partial charge in [0.1, 0.15) is 5.82 Å². The van der Waals surface area contributed by atoms with Crippen molar-refractivity contribution in [3.63, 3.8) is 0 Å². The molecule has 0 atom stereocenters. The molecular weight excluding hydrogens is 271 g/mol. The van der Waals surface area contributed by atoms with Crippen molar-refractivity contribution in [2.75, 3.05) is 0 Å². The van der Waals surface area contributed by atoms with Gasteiger partial charge in [0.15, 0.2) is 6.29 Å². The minimum atomic E-state index is -0.537. The summed E-state index contributed by atoms with van der Waals surface area (Å²) in [6, 6.07) is 4.40. The van der Waals surface area contributed by atoms with Crippen molar-refractivity contribution >= 4 is 18.4 Å². The molecule has 4 nitrogen and oxygen atoms in total. The molecule has 0 unspecified atom stereocenters. The van der Waals surface area contributed by atoms with E-state index in [2.05, 4.69) is 10.2 Å². The van der Waals surface area contributed by atoms with Crippen molar-refractivity contribution in [3.05, 3.63) is 61.6 Å². The topological polar surface area (TPSA) is 62.8 Å². The Labute approximate surface area is 119 Å². The molecule has 1 aliphatic carbocycles. The molecule has 0 fully saturated rings. The average molecular weight is 284 g/mol. The highest BCUT2D eigenvalue weighted by Crippen LogP contribution is 2.10. The molecular formula is C16H13FN2O2. The molecule has 0 saturated carbocycles. The van der Waals surface area contributed by atoms with Crippen LogP contribution in [0.1, 0.15) is 34.5 Å². The molecule has 1 aromatic carbocycles. The van der Waals surface area contributed by atoms with E-state index in [4.69, 9.17) is 0 Å². The SMILES string of the molecule is O=Cc1cc(Cc2n[nH]c(=O)c3c2=CCCC=3)ccc1F. The van der Waals surface area contributed by atoms with Crippen LogP contribution in [0.3, 0.4) is 0 Å². The van der Waals surface area contributed by atoms with Crippen molar-refractivity contribution < 1.29 is 9.18 Å². The van der Waals surface area contributed by atoms with Crippen molar-refractivity contribution in [2.24, 2.45) is 0 Å². The van der Waals surface area contributed by atoms with E-state index in [9.17, 15) is 14.0 Å². The number of carbonyl (C=O) groups excluding carboxylic acids is 1. The van der Waals surface area contributed by atoms with Crippen LogP contribution in [0.2, 0.25) is 0 Å². The van der Waals surface area contributed by atoms with E-state index in [-0.39, 0.29) is 11.1 Å². The maximum absolute atomic E-state index is 13.3. The van der Waals surface area contributed by atoms with Crippen LogP contribution in [0, 0.1) is 5.82 Å². The number of benzene rings is 1. The fraction of sp³-hybridized carbons (Fsp3) is 0.188. The first-order chi connectivity index (χ1) is 10.2. The van der Waals surface area contributed by atoms with Crippen LogP contribution in [0.4, 0.5) is 4.39 Å². The lowest BCUT2D eigenvalue weighted by atomic mass is 10.0. The average Bonchev–Trinajstić information content (AvgIpc) is 2.52. The van der Waals surface area contributed by atoms with Gasteiger partial charge in [0.2, 0.25) is 0 Å². The zero-order chi connectivity index (χ0) is 14.8. The number of halogens is 1. The van der Waals surface area contributed by atoms with Gasteiger partial charge in [-0.25, -0.2) is 9.49 Å². The third kappa shape index (κ3) is 2.54. The van der Waals surface area contributed by atoms with E-state index in [0.717, 1.165) is 29.3 Å². The normalized spacial score (nSPS) is 13.0. The maximum Gasteiger partial charge on any atom is 0.271 e. The molecule has 0 spiro atoms. The number of aldehydes is 1. The van der Waals surface area contributed by atoms with Crippen LogP contribution in [0.5, 0.6) is 0 Å². The van der Waals surface area contributed by atoms with Gasteiger partial charge in [-0.05, 0) is 30.5 Å². The molecule has 0 saturated heterocycles. The van der Waals surface area contributed by atoms with Gasteiger partial charge in [-0.2, -0.15) is 5.10 Å². The quantitative estimate of drug-likeness (QED) is 0.843. The highest BCUT2D eigenvalue weighted by Gasteiger charge is 2.08. The number of nitrogens with one attached hydrogen (secondary N) is 1. The number of aromatic nitrogens is 2. The van der Waals surface area contributed by atoms with E-state index in [1.807, 2.05) is 12.2 Å². The number of nitrogens with zero attached hydrogens (tertiary/aromatic N) is 1. The Hall–Kier alpha value is -2.56. The largest absolute Gasteiger partial charge is 0.298 e. The Morgan fingerprint density at radius 1 is 1.24 bits per heavy atom. The first-order valence-corrected chi connectivity index (χ1v) is 6.70. The summed E-state index contributed by atoms with van der Waals surface area (Å²) in [5.74, 6) is -0.537. The number of carbonyl (C=O) groups is 1. The lowest BCUT2D eigenvalue weighted by Crippen LogP contribution is -2.45. The van der Waals surface area contributed by atoms with E-state index < -0.39 is 5.82 Å². The molecule has 5 heteroatoms. The van der Waals surface area contributed by atoms with Gasteiger partial charge in [0.05, 0.1) is 11.3 Å². The first kappa shape index (κ1) is 13.4. The van der Waals surface area contributed by atoms with Crippen LogP contribution >= 0.6 is 0 Å². The summed E-state index contributed by atoms with van der Waals surface area (Å²) in [6.45, 7) is 0. The summed E-state index contributed by atoms with van der Waals surface area (Å²) in [5, 5.41) is 8.06. The Bertz CT molecular complexity index is 884. The number of aromatic amines is 1. The van der Waals surface area contributed by atoms with Crippen molar-refractivity contribution in [1.82, 2.24) is 10.2 Å². The maximum atomic E-state index is 13.3. The highest BCUT2D eigenvalue weighted by molar-refractivity contribution is 5.75. The Kier molecular flexibility index (Phi) is 3.48. The summed E-state index contributed by atoms with van der Waals surface area (Å²) >= 11 is 0. The molecule has 0 bridgehead atoms. The van der Waals surface area contributed by atoms with E-state index in [1.165, 1.54) is 12.1 Å². The van der Waals surface area contributed by atoms with Gasteiger partial charge >= 0.3 is 0 Å². The van der Waals surface area contributed by atoms with E-state index >= 15 is 0 Å². The number of hydrogen-bond donors (Lipinski definition) is 1. The monoisotopic (exact) mass is 284 g/mol. The van der Waals surface area contributed by atoms with Crippen LogP contribution in [0.15, 0.2) is 23.0 Å². The molecule has 0 radical (unpaired) electrons. The number of rotatable bonds is 3. The summed E-state index contributed by atoms with van der Waals surface area (Å²) in [6.07, 6.45) is 6.54. The molecule has 2 aromatic rings. The molecule has 0 aliphatic heterocycles. The highest BCUT2D eigenvalue weighted by atomic mass is 19.1. The molecule has 1 N–H and O–H groups in total. The van der Waals surface area contributed by atoms with Crippen LogP contribution in [0.25, 0.3) is 12.2 Å². The minimum absolute atomic E-state index is 0.0290. The molecule has 21 heavy (non-hydrogen) atoms. The van der Waals surface area contributed by atoms with Gasteiger partial charge in [0.25, 0.3) is 5.56 Å². The standard InChI is InChI=1S/C16H13FN2O2/c17-14-6-5-10(7-11(14)9-20)8-15-12-3-1-2-4-13(12)16(21)19-18-15/h3-7,9H,1-2,8H2,(H,19,21). The molecule has 1 aromatic heterocycles. The van der Waals surface area contributed by atoms with Gasteiger partial charge in [0, 0.05) is 16.9 Å². The number of hydrogen-bond acceptors (Lipinski definition) is 3. The molecule has 1 aliphatic rings. The van der Waals surface area contributed by atoms with Gasteiger partial charge in [-0.1, -0.05) is 18.2 Å². The second kappa shape index (κ2) is 5.44. The summed E-state index contributed by atoms with van der Waals surface area (Å²) in [4.78, 5) is 22.5. The lowest BCUT2D eigenvalue weighted by molar-refractivity contribution is 0.111. The second-order valence-corrected chi connectivity index (χ2v) is 4.96. The van der Waals surface area contributed by atoms with Gasteiger partial charge < -0.3 is 0 Å².